The smallest absolute Gasteiger partial charge is 0.129 e. The molecule has 1 aromatic heterocycles. The molecule has 5 heteroatoms. The number of nitrogens with zero attached hydrogens (tertiary/aromatic N) is 3. The van der Waals surface area contributed by atoms with Crippen molar-refractivity contribution in [3.8, 4) is 0 Å². The normalized spacial score (nSPS) is 19.2. The van der Waals surface area contributed by atoms with Crippen LogP contribution in [-0.2, 0) is 20.0 Å². The maximum atomic E-state index is 13.7. The summed E-state index contributed by atoms with van der Waals surface area (Å²) in [6, 6.07) is 4.10. The lowest BCUT2D eigenvalue weighted by molar-refractivity contribution is 0.157. The van der Waals surface area contributed by atoms with Crippen LogP contribution in [0.4, 0.5) is 8.78 Å². The van der Waals surface area contributed by atoms with E-state index in [1.54, 1.807) is 0 Å². The van der Waals surface area contributed by atoms with Crippen LogP contribution in [0.25, 0.3) is 0 Å². The molecule has 23 heavy (non-hydrogen) atoms. The molecule has 0 aliphatic carbocycles. The van der Waals surface area contributed by atoms with Crippen LogP contribution in [-0.4, -0.2) is 27.5 Å². The first-order valence-electron chi connectivity index (χ1n) is 8.25. The van der Waals surface area contributed by atoms with Crippen molar-refractivity contribution in [3.05, 3.63) is 53.6 Å². The molecule has 124 valence electrons. The molecule has 1 aliphatic rings. The van der Waals surface area contributed by atoms with Crippen molar-refractivity contribution in [1.29, 1.82) is 0 Å². The van der Waals surface area contributed by atoms with Gasteiger partial charge in [0.25, 0.3) is 0 Å². The van der Waals surface area contributed by atoms with Gasteiger partial charge in [-0.05, 0) is 50.3 Å². The minimum absolute atomic E-state index is 0.230. The van der Waals surface area contributed by atoms with Gasteiger partial charge >= 0.3 is 0 Å². The van der Waals surface area contributed by atoms with Crippen molar-refractivity contribution in [3.63, 3.8) is 0 Å². The molecule has 1 unspecified atom stereocenters. The van der Waals surface area contributed by atoms with E-state index < -0.39 is 11.6 Å². The molecule has 3 rings (SSSR count). The first kappa shape index (κ1) is 16.1. The van der Waals surface area contributed by atoms with Gasteiger partial charge in [0.15, 0.2) is 0 Å². The van der Waals surface area contributed by atoms with Crippen molar-refractivity contribution in [1.82, 2.24) is 14.5 Å². The second kappa shape index (κ2) is 7.21. The number of aryl methyl sites for hydroxylation is 1. The molecule has 1 aromatic carbocycles. The monoisotopic (exact) mass is 319 g/mol. The van der Waals surface area contributed by atoms with Crippen LogP contribution >= 0.6 is 0 Å². The Balaban J connectivity index is 1.56. The first-order valence-corrected chi connectivity index (χ1v) is 8.25. The summed E-state index contributed by atoms with van der Waals surface area (Å²) in [5.41, 5.74) is 0.230. The second-order valence-corrected chi connectivity index (χ2v) is 6.44. The molecule has 2 heterocycles. The highest BCUT2D eigenvalue weighted by atomic mass is 19.1. The Kier molecular flexibility index (Phi) is 5.06. The van der Waals surface area contributed by atoms with Gasteiger partial charge in [-0.15, -0.1) is 0 Å². The second-order valence-electron chi connectivity index (χ2n) is 6.44. The number of piperidine rings is 1. The topological polar surface area (TPSA) is 21.1 Å². The van der Waals surface area contributed by atoms with Gasteiger partial charge in [-0.1, -0.05) is 6.07 Å². The van der Waals surface area contributed by atoms with E-state index in [9.17, 15) is 8.78 Å². The summed E-state index contributed by atoms with van der Waals surface area (Å²) in [6.07, 6.45) is 7.34. The third-order valence-electron chi connectivity index (χ3n) is 4.75. The van der Waals surface area contributed by atoms with Crippen molar-refractivity contribution < 1.29 is 8.78 Å². The van der Waals surface area contributed by atoms with Crippen LogP contribution in [0.5, 0.6) is 0 Å². The lowest BCUT2D eigenvalue weighted by Crippen LogP contribution is -2.35. The van der Waals surface area contributed by atoms with Crippen LogP contribution in [0.1, 0.15) is 30.7 Å². The van der Waals surface area contributed by atoms with Gasteiger partial charge in [-0.2, -0.15) is 0 Å². The van der Waals surface area contributed by atoms with Gasteiger partial charge in [-0.3, -0.25) is 4.90 Å². The summed E-state index contributed by atoms with van der Waals surface area (Å²) in [4.78, 5) is 6.77. The van der Waals surface area contributed by atoms with Crippen LogP contribution in [0.2, 0.25) is 0 Å². The maximum absolute atomic E-state index is 13.7. The summed E-state index contributed by atoms with van der Waals surface area (Å²) >= 11 is 0. The molecule has 1 fully saturated rings. The number of rotatable bonds is 5. The van der Waals surface area contributed by atoms with Gasteiger partial charge < -0.3 is 4.57 Å². The average molecular weight is 319 g/mol. The van der Waals surface area contributed by atoms with E-state index in [0.717, 1.165) is 44.7 Å². The highest BCUT2D eigenvalue weighted by Crippen LogP contribution is 2.24. The molecule has 1 saturated heterocycles. The fourth-order valence-electron chi connectivity index (χ4n) is 3.40. The number of imidazole rings is 1. The van der Waals surface area contributed by atoms with Gasteiger partial charge in [0.05, 0.1) is 6.54 Å². The van der Waals surface area contributed by atoms with E-state index in [1.807, 2.05) is 24.0 Å². The molecule has 3 nitrogen and oxygen atoms in total. The molecule has 1 atom stereocenters. The summed E-state index contributed by atoms with van der Waals surface area (Å²) < 4.78 is 29.5. The van der Waals surface area contributed by atoms with Gasteiger partial charge in [0.1, 0.15) is 17.5 Å². The molecule has 0 N–H and O–H groups in total. The molecule has 0 radical (unpaired) electrons. The maximum Gasteiger partial charge on any atom is 0.129 e. The predicted molar refractivity (Wildman–Crippen MR) is 85.9 cm³/mol. The number of aromatic nitrogens is 2. The minimum Gasteiger partial charge on any atom is -0.337 e. The number of likely N-dealkylation sites (tertiary alicyclic amines) is 1. The summed E-state index contributed by atoms with van der Waals surface area (Å²) in [7, 11) is 2.00. The Morgan fingerprint density at radius 3 is 2.74 bits per heavy atom. The lowest BCUT2D eigenvalue weighted by atomic mass is 9.91. The van der Waals surface area contributed by atoms with Crippen molar-refractivity contribution in [2.24, 2.45) is 13.0 Å². The zero-order valence-corrected chi connectivity index (χ0v) is 13.5. The lowest BCUT2D eigenvalue weighted by Gasteiger charge is -2.32. The fraction of sp³-hybridized carbons (Fsp3) is 0.500. The van der Waals surface area contributed by atoms with Gasteiger partial charge in [0.2, 0.25) is 0 Å². The SMILES string of the molecule is Cn1ccnc1CN1CCCC(CCc2c(F)cccc2F)C1. The van der Waals surface area contributed by atoms with E-state index in [0.29, 0.717) is 12.3 Å². The average Bonchev–Trinajstić information content (AvgIpc) is 2.92. The summed E-state index contributed by atoms with van der Waals surface area (Å²) in [5, 5.41) is 0. The molecule has 0 bridgehead atoms. The van der Waals surface area contributed by atoms with E-state index in [-0.39, 0.29) is 5.56 Å². The number of hydrogen-bond acceptors (Lipinski definition) is 2. The van der Waals surface area contributed by atoms with Gasteiger partial charge in [-0.25, -0.2) is 13.8 Å². The zero-order chi connectivity index (χ0) is 16.2. The van der Waals surface area contributed by atoms with Crippen LogP contribution in [0, 0.1) is 17.6 Å². The van der Waals surface area contributed by atoms with E-state index in [2.05, 4.69) is 9.88 Å². The number of halogens is 2. The van der Waals surface area contributed by atoms with E-state index >= 15 is 0 Å². The van der Waals surface area contributed by atoms with E-state index in [4.69, 9.17) is 0 Å². The molecule has 2 aromatic rings. The van der Waals surface area contributed by atoms with Crippen LogP contribution in [0.3, 0.4) is 0 Å². The number of benzene rings is 1. The first-order chi connectivity index (χ1) is 11.1. The molecule has 0 saturated carbocycles. The largest absolute Gasteiger partial charge is 0.337 e. The Bertz CT molecular complexity index is 633. The van der Waals surface area contributed by atoms with Crippen LogP contribution < -0.4 is 0 Å². The van der Waals surface area contributed by atoms with Crippen molar-refractivity contribution >= 4 is 0 Å². The summed E-state index contributed by atoms with van der Waals surface area (Å²) in [5.74, 6) is 0.699. The zero-order valence-electron chi connectivity index (χ0n) is 13.5. The molecular formula is C18H23F2N3. The third-order valence-corrected chi connectivity index (χ3v) is 4.75. The van der Waals surface area contributed by atoms with Crippen molar-refractivity contribution in [2.45, 2.75) is 32.2 Å². The molecular weight excluding hydrogens is 296 g/mol. The van der Waals surface area contributed by atoms with E-state index in [1.165, 1.54) is 18.2 Å². The molecule has 1 aliphatic heterocycles. The Hall–Kier alpha value is -1.75. The summed E-state index contributed by atoms with van der Waals surface area (Å²) in [6.45, 7) is 2.88. The molecule has 0 amide bonds. The fourth-order valence-corrected chi connectivity index (χ4v) is 3.40. The molecule has 0 spiro atoms. The Labute approximate surface area is 135 Å². The third kappa shape index (κ3) is 3.96. The Morgan fingerprint density at radius 2 is 2.04 bits per heavy atom. The Morgan fingerprint density at radius 1 is 1.26 bits per heavy atom. The highest BCUT2D eigenvalue weighted by Gasteiger charge is 2.21. The predicted octanol–water partition coefficient (Wildman–Crippen LogP) is 3.54. The standard InChI is InChI=1S/C18H23F2N3/c1-22-11-9-21-18(22)13-23-10-3-4-14(12-23)7-8-15-16(19)5-2-6-17(15)20/h2,5-6,9,11,14H,3-4,7-8,10,12-13H2,1H3. The number of hydrogen-bond donors (Lipinski definition) is 0. The van der Waals surface area contributed by atoms with Crippen molar-refractivity contribution in [2.75, 3.05) is 13.1 Å². The van der Waals surface area contributed by atoms with Gasteiger partial charge in [0, 0.05) is 31.5 Å². The minimum atomic E-state index is -0.425. The quantitative estimate of drug-likeness (QED) is 0.840. The van der Waals surface area contributed by atoms with Crippen LogP contribution in [0.15, 0.2) is 30.6 Å². The highest BCUT2D eigenvalue weighted by molar-refractivity contribution is 5.19.